The van der Waals surface area contributed by atoms with Crippen LogP contribution in [-0.2, 0) is 0 Å². The second kappa shape index (κ2) is 5.83. The van der Waals surface area contributed by atoms with Gasteiger partial charge >= 0.3 is 51.4 Å². The van der Waals surface area contributed by atoms with Gasteiger partial charge < -0.3 is 5.11 Å². The van der Waals surface area contributed by atoms with Gasteiger partial charge in [0, 0.05) is 0 Å². The molecule has 0 heterocycles. The van der Waals surface area contributed by atoms with E-state index < -0.39 is 0 Å². The monoisotopic (exact) mass is 148 g/mol. The van der Waals surface area contributed by atoms with Crippen molar-refractivity contribution in [2.75, 3.05) is 6.61 Å². The molecular formula is C7H9KO. The Morgan fingerprint density at radius 1 is 1.44 bits per heavy atom. The van der Waals surface area contributed by atoms with Crippen molar-refractivity contribution in [2.45, 2.75) is 12.8 Å². The van der Waals surface area contributed by atoms with Crippen LogP contribution in [0, 0.1) is 0 Å². The normalized spacial score (nSPS) is 16.3. The van der Waals surface area contributed by atoms with E-state index in [0.29, 0.717) is 0 Å². The summed E-state index contributed by atoms with van der Waals surface area (Å²) < 4.78 is 0. The zero-order chi connectivity index (χ0) is 5.82. The minimum absolute atomic E-state index is 0. The van der Waals surface area contributed by atoms with Crippen LogP contribution in [0.1, 0.15) is 12.8 Å². The molecule has 2 heteroatoms. The van der Waals surface area contributed by atoms with Gasteiger partial charge in [-0.1, -0.05) is 23.8 Å². The Bertz CT molecular complexity index is 127. The van der Waals surface area contributed by atoms with Crippen LogP contribution < -0.4 is 56.5 Å². The summed E-state index contributed by atoms with van der Waals surface area (Å²) in [6.07, 6.45) is 8.12. The third-order valence-electron chi connectivity index (χ3n) is 1.24. The van der Waals surface area contributed by atoms with Crippen molar-refractivity contribution >= 4 is 0 Å². The van der Waals surface area contributed by atoms with E-state index in [0.717, 1.165) is 18.4 Å². The first kappa shape index (κ1) is 10.1. The van der Waals surface area contributed by atoms with Gasteiger partial charge in [-0.05, 0) is 12.8 Å². The molecule has 0 unspecified atom stereocenters. The van der Waals surface area contributed by atoms with Gasteiger partial charge in [0.25, 0.3) is 0 Å². The molecule has 0 atom stereocenters. The van der Waals surface area contributed by atoms with Crippen LogP contribution in [0.2, 0.25) is 0 Å². The predicted octanol–water partition coefficient (Wildman–Crippen LogP) is -2.37. The minimum Gasteiger partial charge on any atom is -0.851 e. The van der Waals surface area contributed by atoms with Gasteiger partial charge in [0.1, 0.15) is 0 Å². The van der Waals surface area contributed by atoms with Crippen LogP contribution in [0.5, 0.6) is 0 Å². The van der Waals surface area contributed by atoms with E-state index in [1.807, 2.05) is 18.2 Å². The van der Waals surface area contributed by atoms with Crippen molar-refractivity contribution < 1.29 is 56.5 Å². The topological polar surface area (TPSA) is 23.1 Å². The van der Waals surface area contributed by atoms with Crippen molar-refractivity contribution in [1.82, 2.24) is 0 Å². The Kier molecular flexibility index (Phi) is 6.53. The van der Waals surface area contributed by atoms with Gasteiger partial charge in [0.15, 0.2) is 0 Å². The molecule has 1 aliphatic rings. The number of hydrogen-bond donors (Lipinski definition) is 0. The molecule has 0 aromatic rings. The van der Waals surface area contributed by atoms with Crippen LogP contribution in [0.3, 0.4) is 0 Å². The molecule has 0 aliphatic heterocycles. The molecule has 0 amide bonds. The third kappa shape index (κ3) is 3.70. The number of rotatable bonds is 1. The summed E-state index contributed by atoms with van der Waals surface area (Å²) in [7, 11) is 0. The molecule has 0 N–H and O–H groups in total. The average Bonchev–Trinajstić information content (AvgIpc) is 1.90. The summed E-state index contributed by atoms with van der Waals surface area (Å²) in [4.78, 5) is 0. The zero-order valence-corrected chi connectivity index (χ0v) is 8.88. The largest absolute Gasteiger partial charge is 1.00 e. The molecule has 0 radical (unpaired) electrons. The average molecular weight is 148 g/mol. The molecular weight excluding hydrogens is 139 g/mol. The fraction of sp³-hybridized carbons (Fsp3) is 0.429. The first-order chi connectivity index (χ1) is 3.93. The molecule has 0 saturated carbocycles. The van der Waals surface area contributed by atoms with Gasteiger partial charge in [-0.25, -0.2) is 0 Å². The summed E-state index contributed by atoms with van der Waals surface area (Å²) in [5.41, 5.74) is 0.941. The van der Waals surface area contributed by atoms with E-state index in [-0.39, 0.29) is 58.0 Å². The fourth-order valence-corrected chi connectivity index (χ4v) is 0.775. The molecule has 0 bridgehead atoms. The fourth-order valence-electron chi connectivity index (χ4n) is 0.775. The summed E-state index contributed by atoms with van der Waals surface area (Å²) in [6.45, 7) is -0.0590. The maximum Gasteiger partial charge on any atom is 1.00 e. The second-order valence-corrected chi connectivity index (χ2v) is 1.90. The molecule has 44 valence electrons. The summed E-state index contributed by atoms with van der Waals surface area (Å²) in [5.74, 6) is 0. The van der Waals surface area contributed by atoms with E-state index in [1.54, 1.807) is 0 Å². The first-order valence-electron chi connectivity index (χ1n) is 2.87. The smallest absolute Gasteiger partial charge is 0.851 e. The molecule has 9 heavy (non-hydrogen) atoms. The first-order valence-corrected chi connectivity index (χ1v) is 2.87. The molecule has 0 saturated heterocycles. The Morgan fingerprint density at radius 2 is 2.22 bits per heavy atom. The van der Waals surface area contributed by atoms with Crippen LogP contribution in [-0.4, -0.2) is 6.61 Å². The molecule has 0 aromatic carbocycles. The van der Waals surface area contributed by atoms with Crippen molar-refractivity contribution in [3.8, 4) is 0 Å². The zero-order valence-electron chi connectivity index (χ0n) is 5.76. The van der Waals surface area contributed by atoms with E-state index in [9.17, 15) is 5.11 Å². The van der Waals surface area contributed by atoms with Gasteiger partial charge in [0.2, 0.25) is 0 Å². The Hall–Kier alpha value is 1.08. The molecule has 1 aliphatic carbocycles. The maximum atomic E-state index is 10.2. The predicted molar refractivity (Wildman–Crippen MR) is 31.3 cm³/mol. The number of hydrogen-bond acceptors (Lipinski definition) is 1. The standard InChI is InChI=1S/C7H9O.K/c8-6-7-4-2-1-3-5-7;/h2,4-5H,1,3,6H2;/q-1;+1. The summed E-state index contributed by atoms with van der Waals surface area (Å²) in [5, 5.41) is 10.2. The second-order valence-electron chi connectivity index (χ2n) is 1.90. The Balaban J connectivity index is 0.000000640. The molecule has 1 rings (SSSR count). The van der Waals surface area contributed by atoms with E-state index >= 15 is 0 Å². The van der Waals surface area contributed by atoms with Crippen molar-refractivity contribution in [3.05, 3.63) is 23.8 Å². The minimum atomic E-state index is -0.0590. The molecule has 0 aromatic heterocycles. The van der Waals surface area contributed by atoms with Crippen LogP contribution in [0.15, 0.2) is 23.8 Å². The Morgan fingerprint density at radius 3 is 2.56 bits per heavy atom. The van der Waals surface area contributed by atoms with E-state index in [1.165, 1.54) is 0 Å². The number of allylic oxidation sites excluding steroid dienone is 2. The SMILES string of the molecule is [K+].[O-]CC1=CCCC=C1. The third-order valence-corrected chi connectivity index (χ3v) is 1.24. The molecule has 1 nitrogen and oxygen atoms in total. The van der Waals surface area contributed by atoms with Crippen molar-refractivity contribution in [2.24, 2.45) is 0 Å². The summed E-state index contributed by atoms with van der Waals surface area (Å²) >= 11 is 0. The van der Waals surface area contributed by atoms with Crippen molar-refractivity contribution in [3.63, 3.8) is 0 Å². The van der Waals surface area contributed by atoms with Gasteiger partial charge in [0.05, 0.1) is 0 Å². The van der Waals surface area contributed by atoms with Crippen LogP contribution >= 0.6 is 0 Å². The Labute approximate surface area is 98.3 Å². The van der Waals surface area contributed by atoms with Crippen LogP contribution in [0.4, 0.5) is 0 Å². The van der Waals surface area contributed by atoms with E-state index in [2.05, 4.69) is 0 Å². The van der Waals surface area contributed by atoms with Gasteiger partial charge in [-0.15, -0.1) is 6.61 Å². The summed E-state index contributed by atoms with van der Waals surface area (Å²) in [6, 6.07) is 0. The van der Waals surface area contributed by atoms with Crippen molar-refractivity contribution in [1.29, 1.82) is 0 Å². The van der Waals surface area contributed by atoms with E-state index in [4.69, 9.17) is 0 Å². The quantitative estimate of drug-likeness (QED) is 0.381. The molecule has 0 fully saturated rings. The maximum absolute atomic E-state index is 10.2. The van der Waals surface area contributed by atoms with Crippen LogP contribution in [0.25, 0.3) is 0 Å². The van der Waals surface area contributed by atoms with Gasteiger partial charge in [-0.3, -0.25) is 0 Å². The molecule has 0 spiro atoms. The van der Waals surface area contributed by atoms with Gasteiger partial charge in [-0.2, -0.15) is 0 Å².